The molecule has 2 heteroatoms. The van der Waals surface area contributed by atoms with Crippen molar-refractivity contribution in [1.29, 1.82) is 0 Å². The third-order valence-electron chi connectivity index (χ3n) is 2.95. The third-order valence-corrected chi connectivity index (χ3v) is 2.95. The maximum Gasteiger partial charge on any atom is 0.191 e. The minimum atomic E-state index is -0.230. The molecule has 1 aromatic rings. The predicted molar refractivity (Wildman–Crippen MR) is 59.0 cm³/mol. The van der Waals surface area contributed by atoms with Crippen molar-refractivity contribution in [1.82, 2.24) is 0 Å². The first kappa shape index (κ1) is 10.4. The fourth-order valence-corrected chi connectivity index (χ4v) is 1.99. The summed E-state index contributed by atoms with van der Waals surface area (Å²) in [4.78, 5) is 12.1. The molecule has 0 aliphatic carbocycles. The van der Waals surface area contributed by atoms with Crippen molar-refractivity contribution in [3.63, 3.8) is 0 Å². The van der Waals surface area contributed by atoms with Crippen LogP contribution < -0.4 is 0 Å². The first-order valence-corrected chi connectivity index (χ1v) is 5.41. The Balaban J connectivity index is 2.20. The molecule has 0 bridgehead atoms. The number of rotatable bonds is 2. The van der Waals surface area contributed by atoms with Crippen LogP contribution in [0.3, 0.4) is 0 Å². The van der Waals surface area contributed by atoms with Crippen LogP contribution in [0.4, 0.5) is 0 Å². The summed E-state index contributed by atoms with van der Waals surface area (Å²) in [6, 6.07) is 7.71. The van der Waals surface area contributed by atoms with Gasteiger partial charge in [0.2, 0.25) is 0 Å². The molecule has 80 valence electrons. The van der Waals surface area contributed by atoms with Gasteiger partial charge in [-0.25, -0.2) is 0 Å². The summed E-state index contributed by atoms with van der Waals surface area (Å²) in [5.41, 5.74) is 1.89. The number of hydrogen-bond acceptors (Lipinski definition) is 2. The van der Waals surface area contributed by atoms with Gasteiger partial charge in [0, 0.05) is 12.2 Å². The van der Waals surface area contributed by atoms with Crippen LogP contribution in [0.25, 0.3) is 0 Å². The van der Waals surface area contributed by atoms with Crippen LogP contribution in [0.15, 0.2) is 24.3 Å². The Morgan fingerprint density at radius 2 is 2.27 bits per heavy atom. The standard InChI is InChI=1S/C13H16O2/c1-9-4-3-5-11(8-9)12(14)13-10(2)6-7-15-13/h3-5,8,10,13H,6-7H2,1-2H3. The van der Waals surface area contributed by atoms with E-state index in [-0.39, 0.29) is 11.9 Å². The van der Waals surface area contributed by atoms with Crippen LogP contribution in [-0.2, 0) is 4.74 Å². The lowest BCUT2D eigenvalue weighted by Crippen LogP contribution is -2.25. The molecule has 1 saturated heterocycles. The van der Waals surface area contributed by atoms with E-state index >= 15 is 0 Å². The minimum Gasteiger partial charge on any atom is -0.370 e. The monoisotopic (exact) mass is 204 g/mol. The smallest absolute Gasteiger partial charge is 0.191 e. The van der Waals surface area contributed by atoms with Crippen LogP contribution in [0.1, 0.15) is 29.3 Å². The molecule has 0 radical (unpaired) electrons. The molecular weight excluding hydrogens is 188 g/mol. The van der Waals surface area contributed by atoms with Crippen molar-refractivity contribution in [2.75, 3.05) is 6.61 Å². The molecule has 0 amide bonds. The van der Waals surface area contributed by atoms with Gasteiger partial charge in [-0.3, -0.25) is 4.79 Å². The summed E-state index contributed by atoms with van der Waals surface area (Å²) in [5.74, 6) is 0.474. The second kappa shape index (κ2) is 4.15. The maximum absolute atomic E-state index is 12.1. The lowest BCUT2D eigenvalue weighted by molar-refractivity contribution is 0.0579. The summed E-state index contributed by atoms with van der Waals surface area (Å²) >= 11 is 0. The van der Waals surface area contributed by atoms with E-state index in [4.69, 9.17) is 4.74 Å². The fourth-order valence-electron chi connectivity index (χ4n) is 1.99. The molecule has 1 aliphatic heterocycles. The van der Waals surface area contributed by atoms with Crippen molar-refractivity contribution < 1.29 is 9.53 Å². The van der Waals surface area contributed by atoms with E-state index in [1.165, 1.54) is 0 Å². The summed E-state index contributed by atoms with van der Waals surface area (Å²) in [5, 5.41) is 0. The van der Waals surface area contributed by atoms with Crippen LogP contribution in [0.5, 0.6) is 0 Å². The Labute approximate surface area is 90.3 Å². The van der Waals surface area contributed by atoms with Crippen molar-refractivity contribution >= 4 is 5.78 Å². The molecule has 2 nitrogen and oxygen atoms in total. The molecule has 2 atom stereocenters. The molecule has 0 spiro atoms. The zero-order valence-electron chi connectivity index (χ0n) is 9.19. The average Bonchev–Trinajstić information content (AvgIpc) is 2.63. The average molecular weight is 204 g/mol. The Morgan fingerprint density at radius 1 is 1.47 bits per heavy atom. The quantitative estimate of drug-likeness (QED) is 0.692. The second-order valence-corrected chi connectivity index (χ2v) is 4.29. The number of aryl methyl sites for hydroxylation is 1. The van der Waals surface area contributed by atoms with Gasteiger partial charge in [-0.05, 0) is 25.3 Å². The van der Waals surface area contributed by atoms with Crippen LogP contribution in [0.2, 0.25) is 0 Å². The molecule has 1 aromatic carbocycles. The number of benzene rings is 1. The van der Waals surface area contributed by atoms with E-state index in [2.05, 4.69) is 6.92 Å². The van der Waals surface area contributed by atoms with Gasteiger partial charge in [0.25, 0.3) is 0 Å². The minimum absolute atomic E-state index is 0.128. The molecule has 0 saturated carbocycles. The summed E-state index contributed by atoms with van der Waals surface area (Å²) in [6.07, 6.45) is 0.759. The maximum atomic E-state index is 12.1. The lowest BCUT2D eigenvalue weighted by atomic mass is 9.95. The van der Waals surface area contributed by atoms with E-state index < -0.39 is 0 Å². The predicted octanol–water partition coefficient (Wildman–Crippen LogP) is 2.60. The van der Waals surface area contributed by atoms with Crippen molar-refractivity contribution in [2.24, 2.45) is 5.92 Å². The van der Waals surface area contributed by atoms with Gasteiger partial charge in [-0.2, -0.15) is 0 Å². The summed E-state index contributed by atoms with van der Waals surface area (Å²) in [6.45, 7) is 4.78. The molecule has 0 N–H and O–H groups in total. The van der Waals surface area contributed by atoms with Gasteiger partial charge in [0.1, 0.15) is 6.10 Å². The highest BCUT2D eigenvalue weighted by Gasteiger charge is 2.31. The first-order chi connectivity index (χ1) is 7.18. The number of carbonyl (C=O) groups excluding carboxylic acids is 1. The third kappa shape index (κ3) is 2.10. The summed E-state index contributed by atoms with van der Waals surface area (Å²) < 4.78 is 5.47. The number of ether oxygens (including phenoxy) is 1. The Morgan fingerprint density at radius 3 is 2.87 bits per heavy atom. The normalized spacial score (nSPS) is 25.5. The van der Waals surface area contributed by atoms with Crippen molar-refractivity contribution in [3.8, 4) is 0 Å². The zero-order valence-corrected chi connectivity index (χ0v) is 9.19. The first-order valence-electron chi connectivity index (χ1n) is 5.41. The molecule has 2 unspecified atom stereocenters. The molecule has 1 fully saturated rings. The Bertz CT molecular complexity index is 371. The SMILES string of the molecule is Cc1cccc(C(=O)C2OCCC2C)c1. The van der Waals surface area contributed by atoms with Crippen LogP contribution >= 0.6 is 0 Å². The van der Waals surface area contributed by atoms with E-state index in [1.807, 2.05) is 31.2 Å². The highest BCUT2D eigenvalue weighted by Crippen LogP contribution is 2.23. The topological polar surface area (TPSA) is 26.3 Å². The fraction of sp³-hybridized carbons (Fsp3) is 0.462. The van der Waals surface area contributed by atoms with Crippen LogP contribution in [-0.4, -0.2) is 18.5 Å². The van der Waals surface area contributed by atoms with Gasteiger partial charge >= 0.3 is 0 Å². The van der Waals surface area contributed by atoms with Crippen molar-refractivity contribution in [2.45, 2.75) is 26.4 Å². The van der Waals surface area contributed by atoms with Gasteiger partial charge < -0.3 is 4.74 Å². The molecule has 15 heavy (non-hydrogen) atoms. The van der Waals surface area contributed by atoms with E-state index in [1.54, 1.807) is 0 Å². The van der Waals surface area contributed by atoms with E-state index in [0.29, 0.717) is 12.5 Å². The Kier molecular flexibility index (Phi) is 2.87. The molecule has 1 heterocycles. The van der Waals surface area contributed by atoms with Crippen molar-refractivity contribution in [3.05, 3.63) is 35.4 Å². The zero-order chi connectivity index (χ0) is 10.8. The lowest BCUT2D eigenvalue weighted by Gasteiger charge is -2.13. The second-order valence-electron chi connectivity index (χ2n) is 4.29. The van der Waals surface area contributed by atoms with Gasteiger partial charge in [-0.1, -0.05) is 30.7 Å². The van der Waals surface area contributed by atoms with Crippen LogP contribution in [0, 0.1) is 12.8 Å². The Hall–Kier alpha value is -1.15. The highest BCUT2D eigenvalue weighted by molar-refractivity contribution is 5.99. The van der Waals surface area contributed by atoms with Gasteiger partial charge in [-0.15, -0.1) is 0 Å². The largest absolute Gasteiger partial charge is 0.370 e. The van der Waals surface area contributed by atoms with Gasteiger partial charge in [0.15, 0.2) is 5.78 Å². The van der Waals surface area contributed by atoms with E-state index in [9.17, 15) is 4.79 Å². The summed E-state index contributed by atoms with van der Waals surface area (Å²) in [7, 11) is 0. The molecule has 1 aliphatic rings. The number of hydrogen-bond donors (Lipinski definition) is 0. The highest BCUT2D eigenvalue weighted by atomic mass is 16.5. The van der Waals surface area contributed by atoms with E-state index in [0.717, 1.165) is 17.5 Å². The number of carbonyl (C=O) groups is 1. The number of Topliss-reactive ketones (excluding diaryl/α,β-unsaturated/α-hetero) is 1. The van der Waals surface area contributed by atoms with Gasteiger partial charge in [0.05, 0.1) is 0 Å². The molecular formula is C13H16O2. The molecule has 2 rings (SSSR count). The number of ketones is 1. The molecule has 0 aromatic heterocycles.